The lowest BCUT2D eigenvalue weighted by Gasteiger charge is -2.23. The zero-order valence-corrected chi connectivity index (χ0v) is 11.4. The molecule has 0 aliphatic rings. The van der Waals surface area contributed by atoms with Gasteiger partial charge in [-0.05, 0) is 37.8 Å². The van der Waals surface area contributed by atoms with E-state index in [9.17, 15) is 17.7 Å². The first-order valence-electron chi connectivity index (χ1n) is 6.13. The number of hydrogen-bond donors (Lipinski definition) is 0. The molecule has 0 fully saturated rings. The van der Waals surface area contributed by atoms with Gasteiger partial charge in [-0.2, -0.15) is 0 Å². The average Bonchev–Trinajstić information content (AvgIpc) is 2.65. The van der Waals surface area contributed by atoms with Crippen molar-refractivity contribution in [3.63, 3.8) is 0 Å². The second-order valence-corrected chi connectivity index (χ2v) is 5.52. The Morgan fingerprint density at radius 2 is 1.80 bits per heavy atom. The lowest BCUT2D eigenvalue weighted by atomic mass is 9.86. The molecule has 0 unspecified atom stereocenters. The predicted molar refractivity (Wildman–Crippen MR) is 72.3 cm³/mol. The highest BCUT2D eigenvalue weighted by atomic mass is 19.4. The average molecular weight is 284 g/mol. The smallest absolute Gasteiger partial charge is 0.444 e. The first-order chi connectivity index (χ1) is 9.09. The van der Waals surface area contributed by atoms with Gasteiger partial charge in [0.25, 0.3) is 0 Å². The number of hydrogen-bond acceptors (Lipinski definition) is 2. The van der Waals surface area contributed by atoms with E-state index in [-0.39, 0.29) is 5.52 Å². The van der Waals surface area contributed by atoms with Crippen molar-refractivity contribution >= 4 is 29.6 Å². The van der Waals surface area contributed by atoms with Gasteiger partial charge in [-0.3, -0.25) is 4.57 Å². The van der Waals surface area contributed by atoms with Gasteiger partial charge in [-0.1, -0.05) is 24.3 Å². The van der Waals surface area contributed by atoms with Gasteiger partial charge >= 0.3 is 13.1 Å². The van der Waals surface area contributed by atoms with Crippen molar-refractivity contribution in [2.24, 2.45) is 0 Å². The van der Waals surface area contributed by atoms with Crippen molar-refractivity contribution in [3.8, 4) is 0 Å². The quantitative estimate of drug-likeness (QED) is 0.751. The molecule has 0 bridgehead atoms. The lowest BCUT2D eigenvalue weighted by molar-refractivity contribution is 0.0547. The van der Waals surface area contributed by atoms with Gasteiger partial charge in [0.05, 0.1) is 5.52 Å². The number of rotatable bonds is 1. The SMILES string of the molecule is CC(C)(C)OC(=O)n1c([B-](F)(F)F)cc2ccccc21. The van der Waals surface area contributed by atoms with Gasteiger partial charge < -0.3 is 17.7 Å². The summed E-state index contributed by atoms with van der Waals surface area (Å²) in [5.74, 6) is 0. The Hall–Kier alpha value is -1.92. The Kier molecular flexibility index (Phi) is 3.32. The summed E-state index contributed by atoms with van der Waals surface area (Å²) in [6, 6.07) is 7.16. The number of nitrogens with zero attached hydrogens (tertiary/aromatic N) is 1. The minimum atomic E-state index is -5.31. The molecule has 0 N–H and O–H groups in total. The summed E-state index contributed by atoms with van der Waals surface area (Å²) < 4.78 is 45.0. The third kappa shape index (κ3) is 2.81. The van der Waals surface area contributed by atoms with Gasteiger partial charge in [-0.15, -0.1) is 0 Å². The monoisotopic (exact) mass is 284 g/mol. The van der Waals surface area contributed by atoms with E-state index in [2.05, 4.69) is 0 Å². The zero-order chi connectivity index (χ0) is 15.1. The molecule has 0 aliphatic carbocycles. The summed E-state index contributed by atoms with van der Waals surface area (Å²) >= 11 is 0. The van der Waals surface area contributed by atoms with E-state index < -0.39 is 24.3 Å². The van der Waals surface area contributed by atoms with E-state index in [1.807, 2.05) is 0 Å². The largest absolute Gasteiger partial charge is 0.526 e. The predicted octanol–water partition coefficient (Wildman–Crippen LogP) is 3.48. The molecule has 0 radical (unpaired) electrons. The van der Waals surface area contributed by atoms with Gasteiger partial charge in [0.1, 0.15) is 5.60 Å². The Morgan fingerprint density at radius 1 is 1.20 bits per heavy atom. The third-order valence-electron chi connectivity index (χ3n) is 2.65. The van der Waals surface area contributed by atoms with Crippen LogP contribution in [0.3, 0.4) is 0 Å². The maximum atomic E-state index is 13.1. The highest BCUT2D eigenvalue weighted by Crippen LogP contribution is 2.21. The number of halogens is 3. The highest BCUT2D eigenvalue weighted by molar-refractivity contribution is 6.73. The van der Waals surface area contributed by atoms with Crippen molar-refractivity contribution in [1.82, 2.24) is 4.57 Å². The number of benzene rings is 1. The number of carbonyl (C=O) groups is 1. The molecule has 20 heavy (non-hydrogen) atoms. The molecular weight excluding hydrogens is 270 g/mol. The van der Waals surface area contributed by atoms with Crippen molar-refractivity contribution in [2.45, 2.75) is 26.4 Å². The lowest BCUT2D eigenvalue weighted by Crippen LogP contribution is -2.43. The number of ether oxygens (including phenoxy) is 1. The summed E-state index contributed by atoms with van der Waals surface area (Å²) in [7, 11) is 0. The Labute approximate surface area is 114 Å². The number of para-hydroxylation sites is 1. The van der Waals surface area contributed by atoms with Crippen LogP contribution in [0.4, 0.5) is 17.7 Å². The number of carbonyl (C=O) groups excluding carboxylic acids is 1. The summed E-state index contributed by atoms with van der Waals surface area (Å²) in [5.41, 5.74) is -1.64. The molecule has 3 nitrogen and oxygen atoms in total. The molecule has 2 rings (SSSR count). The normalized spacial score (nSPS) is 12.7. The van der Waals surface area contributed by atoms with Gasteiger partial charge in [0.15, 0.2) is 0 Å². The summed E-state index contributed by atoms with van der Waals surface area (Å²) in [5, 5.41) is 0.354. The van der Waals surface area contributed by atoms with Gasteiger partial charge in [0.2, 0.25) is 0 Å². The van der Waals surface area contributed by atoms with Crippen LogP contribution >= 0.6 is 0 Å². The first kappa shape index (κ1) is 14.5. The van der Waals surface area contributed by atoms with Gasteiger partial charge in [-0.25, -0.2) is 4.79 Å². The van der Waals surface area contributed by atoms with E-state index in [1.54, 1.807) is 32.9 Å². The van der Waals surface area contributed by atoms with Crippen LogP contribution in [0.1, 0.15) is 20.8 Å². The molecule has 7 heteroatoms. The van der Waals surface area contributed by atoms with Crippen molar-refractivity contribution in [2.75, 3.05) is 0 Å². The molecule has 0 aliphatic heterocycles. The van der Waals surface area contributed by atoms with E-state index >= 15 is 0 Å². The van der Waals surface area contributed by atoms with Crippen LogP contribution in [0.5, 0.6) is 0 Å². The van der Waals surface area contributed by atoms with Crippen LogP contribution in [0.15, 0.2) is 30.3 Å². The van der Waals surface area contributed by atoms with Crippen molar-refractivity contribution < 1.29 is 22.5 Å². The molecule has 108 valence electrons. The summed E-state index contributed by atoms with van der Waals surface area (Å²) in [6.45, 7) is -0.489. The first-order valence-corrected chi connectivity index (χ1v) is 6.13. The molecule has 1 heterocycles. The Balaban J connectivity index is 2.63. The standard InChI is InChI=1S/C13H14BF3NO2/c1-13(2,3)20-12(19)18-10-7-5-4-6-9(10)8-11(18)14(15,16)17/h4-8H,1-3H3/q-1. The van der Waals surface area contributed by atoms with Crippen molar-refractivity contribution in [3.05, 3.63) is 30.3 Å². The fraction of sp³-hybridized carbons (Fsp3) is 0.308. The third-order valence-corrected chi connectivity index (χ3v) is 2.65. The van der Waals surface area contributed by atoms with Crippen LogP contribution in [0, 0.1) is 0 Å². The van der Waals surface area contributed by atoms with Gasteiger partial charge in [0, 0.05) is 0 Å². The second kappa shape index (κ2) is 4.57. The van der Waals surface area contributed by atoms with Crippen LogP contribution in [0.25, 0.3) is 10.9 Å². The molecule has 0 saturated carbocycles. The van der Waals surface area contributed by atoms with Crippen molar-refractivity contribution in [1.29, 1.82) is 0 Å². The molecular formula is C13H14BF3NO2-. The molecule has 1 aromatic heterocycles. The second-order valence-electron chi connectivity index (χ2n) is 5.52. The van der Waals surface area contributed by atoms with Crippen LogP contribution in [0.2, 0.25) is 0 Å². The van der Waals surface area contributed by atoms with E-state index in [0.29, 0.717) is 9.95 Å². The molecule has 0 saturated heterocycles. The Bertz CT molecular complexity index is 656. The molecule has 2 aromatic rings. The molecule has 0 spiro atoms. The summed E-state index contributed by atoms with van der Waals surface area (Å²) in [4.78, 5) is 12.1. The highest BCUT2D eigenvalue weighted by Gasteiger charge is 2.33. The van der Waals surface area contributed by atoms with E-state index in [4.69, 9.17) is 4.74 Å². The maximum absolute atomic E-state index is 13.1. The Morgan fingerprint density at radius 3 is 2.35 bits per heavy atom. The topological polar surface area (TPSA) is 31.2 Å². The van der Waals surface area contributed by atoms with Crippen LogP contribution in [-0.2, 0) is 4.74 Å². The fourth-order valence-electron chi connectivity index (χ4n) is 1.93. The number of fused-ring (bicyclic) bond motifs is 1. The minimum absolute atomic E-state index is 0.191. The summed E-state index contributed by atoms with van der Waals surface area (Å²) in [6.07, 6.45) is -1.02. The molecule has 1 aromatic carbocycles. The molecule has 0 atom stereocenters. The number of aromatic nitrogens is 1. The fourth-order valence-corrected chi connectivity index (χ4v) is 1.93. The van der Waals surface area contributed by atoms with E-state index in [1.165, 1.54) is 12.1 Å². The molecule has 0 amide bonds. The van der Waals surface area contributed by atoms with E-state index in [0.717, 1.165) is 6.07 Å². The maximum Gasteiger partial charge on any atom is 0.526 e. The van der Waals surface area contributed by atoms with Crippen LogP contribution in [-0.4, -0.2) is 23.2 Å². The minimum Gasteiger partial charge on any atom is -0.444 e. The zero-order valence-electron chi connectivity index (χ0n) is 11.4. The van der Waals surface area contributed by atoms with Crippen LogP contribution < -0.4 is 5.59 Å².